The Balaban J connectivity index is 2.13. The van der Waals surface area contributed by atoms with Crippen LogP contribution in [0.2, 0.25) is 0 Å². The summed E-state index contributed by atoms with van der Waals surface area (Å²) in [5, 5.41) is 0. The van der Waals surface area contributed by atoms with E-state index in [-0.39, 0.29) is 11.0 Å². The van der Waals surface area contributed by atoms with Gasteiger partial charge in [-0.05, 0) is 12.8 Å². The number of rotatable bonds is 1. The third-order valence-electron chi connectivity index (χ3n) is 3.40. The second kappa shape index (κ2) is 2.92. The van der Waals surface area contributed by atoms with Gasteiger partial charge in [-0.3, -0.25) is 4.79 Å². The summed E-state index contributed by atoms with van der Waals surface area (Å²) in [5.41, 5.74) is 1.78. The Labute approximate surface area is 87.7 Å². The fourth-order valence-electron chi connectivity index (χ4n) is 1.95. The minimum absolute atomic E-state index is 0.0113. The van der Waals surface area contributed by atoms with Crippen molar-refractivity contribution < 1.29 is 4.74 Å². The van der Waals surface area contributed by atoms with Crippen molar-refractivity contribution in [1.82, 2.24) is 9.97 Å². The van der Waals surface area contributed by atoms with Crippen LogP contribution in [0, 0.1) is 0 Å². The highest BCUT2D eigenvalue weighted by atomic mass is 16.5. The molecule has 0 radical (unpaired) electrons. The minimum Gasteiger partial charge on any atom is -0.376 e. The molecule has 0 aromatic carbocycles. The van der Waals surface area contributed by atoms with Crippen molar-refractivity contribution in [2.75, 3.05) is 6.61 Å². The Morgan fingerprint density at radius 2 is 2.27 bits per heavy atom. The summed E-state index contributed by atoms with van der Waals surface area (Å²) in [6.07, 6.45) is 3.03. The quantitative estimate of drug-likeness (QED) is 0.742. The number of hydrogen-bond donors (Lipinski definition) is 1. The Hall–Kier alpha value is -1.16. The van der Waals surface area contributed by atoms with Gasteiger partial charge in [-0.15, -0.1) is 0 Å². The standard InChI is InChI=1S/C11H14N2O2/c1-11(3-4-11)10-12-8-2-5-15-6-7(8)9(14)13-10/h2-6H2,1H3,(H,12,13,14). The maximum atomic E-state index is 11.8. The highest BCUT2D eigenvalue weighted by Crippen LogP contribution is 2.45. The first-order chi connectivity index (χ1) is 7.19. The number of aromatic nitrogens is 2. The van der Waals surface area contributed by atoms with Crippen LogP contribution in [0.4, 0.5) is 0 Å². The van der Waals surface area contributed by atoms with Crippen molar-refractivity contribution in [2.24, 2.45) is 0 Å². The summed E-state index contributed by atoms with van der Waals surface area (Å²) < 4.78 is 5.26. The van der Waals surface area contributed by atoms with E-state index < -0.39 is 0 Å². The first-order valence-corrected chi connectivity index (χ1v) is 5.39. The van der Waals surface area contributed by atoms with E-state index in [1.807, 2.05) is 0 Å². The zero-order valence-electron chi connectivity index (χ0n) is 8.80. The molecular formula is C11H14N2O2. The molecule has 1 fully saturated rings. The van der Waals surface area contributed by atoms with Crippen LogP contribution in [0.5, 0.6) is 0 Å². The van der Waals surface area contributed by atoms with Gasteiger partial charge < -0.3 is 9.72 Å². The van der Waals surface area contributed by atoms with Crippen molar-refractivity contribution in [3.63, 3.8) is 0 Å². The molecular weight excluding hydrogens is 192 g/mol. The lowest BCUT2D eigenvalue weighted by atomic mass is 10.1. The van der Waals surface area contributed by atoms with Crippen LogP contribution < -0.4 is 5.56 Å². The minimum atomic E-state index is -0.0113. The topological polar surface area (TPSA) is 55.0 Å². The number of aromatic amines is 1. The predicted molar refractivity (Wildman–Crippen MR) is 54.8 cm³/mol. The molecule has 0 bridgehead atoms. The van der Waals surface area contributed by atoms with Crippen LogP contribution in [0.25, 0.3) is 0 Å². The Morgan fingerprint density at radius 1 is 1.47 bits per heavy atom. The molecule has 1 aliphatic heterocycles. The van der Waals surface area contributed by atoms with Gasteiger partial charge in [0.05, 0.1) is 24.5 Å². The van der Waals surface area contributed by atoms with Gasteiger partial charge in [-0.1, -0.05) is 6.92 Å². The molecule has 1 N–H and O–H groups in total. The van der Waals surface area contributed by atoms with Crippen LogP contribution in [0.15, 0.2) is 4.79 Å². The lowest BCUT2D eigenvalue weighted by molar-refractivity contribution is 0.107. The maximum absolute atomic E-state index is 11.8. The molecule has 80 valence electrons. The van der Waals surface area contributed by atoms with Crippen LogP contribution >= 0.6 is 0 Å². The number of nitrogens with zero attached hydrogens (tertiary/aromatic N) is 1. The summed E-state index contributed by atoms with van der Waals surface area (Å²) in [6, 6.07) is 0. The Morgan fingerprint density at radius 3 is 3.00 bits per heavy atom. The van der Waals surface area contributed by atoms with Crippen LogP contribution in [-0.2, 0) is 23.2 Å². The molecule has 0 amide bonds. The van der Waals surface area contributed by atoms with Gasteiger partial charge in [0.1, 0.15) is 5.82 Å². The molecule has 0 atom stereocenters. The average molecular weight is 206 g/mol. The highest BCUT2D eigenvalue weighted by molar-refractivity contribution is 5.24. The molecule has 1 aromatic heterocycles. The summed E-state index contributed by atoms with van der Waals surface area (Å²) >= 11 is 0. The van der Waals surface area contributed by atoms with Gasteiger partial charge >= 0.3 is 0 Å². The molecule has 3 rings (SSSR count). The number of fused-ring (bicyclic) bond motifs is 1. The number of nitrogens with one attached hydrogen (secondary N) is 1. The van der Waals surface area contributed by atoms with E-state index in [0.717, 1.165) is 30.8 Å². The molecule has 2 heterocycles. The predicted octanol–water partition coefficient (Wildman–Crippen LogP) is 0.894. The van der Waals surface area contributed by atoms with Gasteiger partial charge in [0, 0.05) is 11.8 Å². The van der Waals surface area contributed by atoms with Crippen molar-refractivity contribution >= 4 is 0 Å². The molecule has 4 heteroatoms. The Kier molecular flexibility index (Phi) is 1.77. The smallest absolute Gasteiger partial charge is 0.256 e. The molecule has 1 aliphatic carbocycles. The van der Waals surface area contributed by atoms with Gasteiger partial charge in [0.2, 0.25) is 0 Å². The zero-order chi connectivity index (χ0) is 10.5. The molecule has 0 spiro atoms. The van der Waals surface area contributed by atoms with E-state index >= 15 is 0 Å². The molecule has 1 aromatic rings. The van der Waals surface area contributed by atoms with E-state index in [1.54, 1.807) is 0 Å². The molecule has 0 saturated heterocycles. The van der Waals surface area contributed by atoms with Gasteiger partial charge in [0.25, 0.3) is 5.56 Å². The fraction of sp³-hybridized carbons (Fsp3) is 0.636. The zero-order valence-corrected chi connectivity index (χ0v) is 8.80. The normalized spacial score (nSPS) is 22.2. The number of H-pyrrole nitrogens is 1. The van der Waals surface area contributed by atoms with E-state index in [9.17, 15) is 4.79 Å². The van der Waals surface area contributed by atoms with Crippen molar-refractivity contribution in [3.8, 4) is 0 Å². The lowest BCUT2D eigenvalue weighted by Gasteiger charge is -2.17. The lowest BCUT2D eigenvalue weighted by Crippen LogP contribution is -2.27. The first kappa shape index (κ1) is 9.09. The number of hydrogen-bond acceptors (Lipinski definition) is 3. The maximum Gasteiger partial charge on any atom is 0.256 e. The largest absolute Gasteiger partial charge is 0.376 e. The Bertz CT molecular complexity index is 460. The summed E-state index contributed by atoms with van der Waals surface area (Å²) in [4.78, 5) is 19.2. The molecule has 4 nitrogen and oxygen atoms in total. The van der Waals surface area contributed by atoms with Crippen LogP contribution in [0.1, 0.15) is 36.8 Å². The van der Waals surface area contributed by atoms with Crippen molar-refractivity contribution in [1.29, 1.82) is 0 Å². The van der Waals surface area contributed by atoms with Crippen molar-refractivity contribution in [3.05, 3.63) is 27.4 Å². The molecule has 15 heavy (non-hydrogen) atoms. The van der Waals surface area contributed by atoms with E-state index in [2.05, 4.69) is 16.9 Å². The SMILES string of the molecule is CC1(c2nc3c(c(=O)[nH]2)COCC3)CC1. The summed E-state index contributed by atoms with van der Waals surface area (Å²) in [5.74, 6) is 0.869. The van der Waals surface area contributed by atoms with Gasteiger partial charge in [-0.2, -0.15) is 0 Å². The third kappa shape index (κ3) is 1.40. The molecule has 2 aliphatic rings. The van der Waals surface area contributed by atoms with Crippen LogP contribution in [0.3, 0.4) is 0 Å². The van der Waals surface area contributed by atoms with E-state index in [4.69, 9.17) is 4.74 Å². The number of ether oxygens (including phenoxy) is 1. The monoisotopic (exact) mass is 206 g/mol. The van der Waals surface area contributed by atoms with E-state index in [0.29, 0.717) is 18.8 Å². The second-order valence-corrected chi connectivity index (χ2v) is 4.70. The molecule has 1 saturated carbocycles. The third-order valence-corrected chi connectivity index (χ3v) is 3.40. The average Bonchev–Trinajstić information content (AvgIpc) is 2.98. The van der Waals surface area contributed by atoms with E-state index in [1.165, 1.54) is 0 Å². The molecule has 0 unspecified atom stereocenters. The highest BCUT2D eigenvalue weighted by Gasteiger charge is 2.42. The fourth-order valence-corrected chi connectivity index (χ4v) is 1.95. The first-order valence-electron chi connectivity index (χ1n) is 5.39. The van der Waals surface area contributed by atoms with Gasteiger partial charge in [0.15, 0.2) is 0 Å². The van der Waals surface area contributed by atoms with Crippen LogP contribution in [-0.4, -0.2) is 16.6 Å². The summed E-state index contributed by atoms with van der Waals surface area (Å²) in [7, 11) is 0. The second-order valence-electron chi connectivity index (χ2n) is 4.70. The van der Waals surface area contributed by atoms with Crippen molar-refractivity contribution in [2.45, 2.75) is 38.2 Å². The summed E-state index contributed by atoms with van der Waals surface area (Å²) in [6.45, 7) is 3.24. The van der Waals surface area contributed by atoms with Gasteiger partial charge in [-0.25, -0.2) is 4.98 Å².